The Kier molecular flexibility index (Phi) is 4.85. The summed E-state index contributed by atoms with van der Waals surface area (Å²) < 4.78 is 28.9. The summed E-state index contributed by atoms with van der Waals surface area (Å²) in [6.45, 7) is 3.18. The van der Waals surface area contributed by atoms with E-state index in [1.807, 2.05) is 66.1 Å². The summed E-state index contributed by atoms with van der Waals surface area (Å²) in [4.78, 5) is 12.7. The van der Waals surface area contributed by atoms with E-state index in [0.29, 0.717) is 18.8 Å². The third kappa shape index (κ3) is 3.26. The van der Waals surface area contributed by atoms with Crippen LogP contribution in [0.1, 0.15) is 23.0 Å². The number of benzene rings is 2. The molecule has 1 amide bonds. The summed E-state index contributed by atoms with van der Waals surface area (Å²) in [5.41, 5.74) is 3.34. The van der Waals surface area contributed by atoms with Gasteiger partial charge in [0.2, 0.25) is 10.0 Å². The van der Waals surface area contributed by atoms with Gasteiger partial charge in [0.1, 0.15) is 5.69 Å². The maximum absolute atomic E-state index is 12.7. The van der Waals surface area contributed by atoms with Gasteiger partial charge in [-0.2, -0.15) is 0 Å². The van der Waals surface area contributed by atoms with Gasteiger partial charge in [0.15, 0.2) is 0 Å². The molecular formula is C21H23N3O3S. The summed E-state index contributed by atoms with van der Waals surface area (Å²) in [6, 6.07) is 17.2. The number of hydrogen-bond donors (Lipinski definition) is 1. The van der Waals surface area contributed by atoms with Crippen LogP contribution < -0.4 is 9.62 Å². The molecule has 0 bridgehead atoms. The zero-order chi connectivity index (χ0) is 19.7. The van der Waals surface area contributed by atoms with E-state index in [4.69, 9.17) is 0 Å². The van der Waals surface area contributed by atoms with Crippen LogP contribution in [-0.2, 0) is 23.0 Å². The molecule has 1 N–H and O–H groups in total. The minimum atomic E-state index is -3.48. The van der Waals surface area contributed by atoms with E-state index >= 15 is 0 Å². The van der Waals surface area contributed by atoms with Crippen molar-refractivity contribution in [1.29, 1.82) is 0 Å². The van der Waals surface area contributed by atoms with E-state index < -0.39 is 10.0 Å². The van der Waals surface area contributed by atoms with Crippen LogP contribution in [0.15, 0.2) is 54.6 Å². The molecule has 2 heterocycles. The molecule has 146 valence electrons. The maximum Gasteiger partial charge on any atom is 0.267 e. The van der Waals surface area contributed by atoms with Gasteiger partial charge in [0, 0.05) is 30.5 Å². The molecule has 0 unspecified atom stereocenters. The van der Waals surface area contributed by atoms with Gasteiger partial charge in [0.25, 0.3) is 5.91 Å². The van der Waals surface area contributed by atoms with Gasteiger partial charge in [-0.15, -0.1) is 0 Å². The highest BCUT2D eigenvalue weighted by Crippen LogP contribution is 2.29. The molecule has 4 rings (SSSR count). The zero-order valence-corrected chi connectivity index (χ0v) is 16.6. The van der Waals surface area contributed by atoms with Crippen LogP contribution in [0.25, 0.3) is 10.9 Å². The number of nitrogens with one attached hydrogen (secondary N) is 1. The molecule has 1 aliphatic rings. The lowest BCUT2D eigenvalue weighted by molar-refractivity contribution is 0.0947. The van der Waals surface area contributed by atoms with Crippen molar-refractivity contribution in [3.63, 3.8) is 0 Å². The van der Waals surface area contributed by atoms with Crippen LogP contribution in [0, 0.1) is 0 Å². The van der Waals surface area contributed by atoms with Crippen molar-refractivity contribution in [1.82, 2.24) is 9.88 Å². The van der Waals surface area contributed by atoms with Crippen LogP contribution >= 0.6 is 0 Å². The lowest BCUT2D eigenvalue weighted by atomic mass is 10.2. The van der Waals surface area contributed by atoms with Gasteiger partial charge < -0.3 is 9.88 Å². The zero-order valence-electron chi connectivity index (χ0n) is 15.8. The van der Waals surface area contributed by atoms with Crippen LogP contribution in [0.4, 0.5) is 5.69 Å². The molecule has 0 saturated heterocycles. The third-order valence-corrected chi connectivity index (χ3v) is 6.96. The Balaban J connectivity index is 1.45. The van der Waals surface area contributed by atoms with E-state index in [0.717, 1.165) is 28.6 Å². The van der Waals surface area contributed by atoms with Crippen LogP contribution in [0.2, 0.25) is 0 Å². The molecule has 7 heteroatoms. The minimum absolute atomic E-state index is 0.0745. The highest BCUT2D eigenvalue weighted by molar-refractivity contribution is 7.92. The summed E-state index contributed by atoms with van der Waals surface area (Å²) in [6.07, 6.45) is 0.721. The summed E-state index contributed by atoms with van der Waals surface area (Å²) in [5.74, 6) is -0.380. The fourth-order valence-corrected chi connectivity index (χ4v) is 5.26. The Bertz CT molecular complexity index is 1130. The van der Waals surface area contributed by atoms with E-state index in [-0.39, 0.29) is 18.2 Å². The van der Waals surface area contributed by atoms with Crippen molar-refractivity contribution < 1.29 is 13.2 Å². The van der Waals surface area contributed by atoms with Crippen molar-refractivity contribution in [2.24, 2.45) is 0 Å². The quantitative estimate of drug-likeness (QED) is 0.695. The number of sulfonamides is 1. The Morgan fingerprint density at radius 3 is 2.68 bits per heavy atom. The first-order valence-electron chi connectivity index (χ1n) is 9.46. The first-order valence-corrected chi connectivity index (χ1v) is 11.1. The largest absolute Gasteiger partial charge is 0.350 e. The average molecular weight is 398 g/mol. The van der Waals surface area contributed by atoms with Crippen molar-refractivity contribution >= 4 is 32.5 Å². The average Bonchev–Trinajstić information content (AvgIpc) is 3.29. The second-order valence-electron chi connectivity index (χ2n) is 6.86. The molecule has 0 radical (unpaired) electrons. The number of anilines is 1. The van der Waals surface area contributed by atoms with Crippen LogP contribution in [0.3, 0.4) is 0 Å². The minimum Gasteiger partial charge on any atom is -0.350 e. The SMILES string of the molecule is CCn1c(C(=O)NCCS(=O)(=O)N2CCc3ccccc32)cc2ccccc21. The Labute approximate surface area is 164 Å². The predicted molar refractivity (Wildman–Crippen MR) is 111 cm³/mol. The first-order chi connectivity index (χ1) is 13.5. The highest BCUT2D eigenvalue weighted by atomic mass is 32.2. The molecule has 1 aromatic heterocycles. The lowest BCUT2D eigenvalue weighted by Crippen LogP contribution is -2.37. The smallest absolute Gasteiger partial charge is 0.267 e. The van der Waals surface area contributed by atoms with Gasteiger partial charge in [0.05, 0.1) is 11.4 Å². The Morgan fingerprint density at radius 1 is 1.11 bits per heavy atom. The first kappa shape index (κ1) is 18.6. The maximum atomic E-state index is 12.7. The van der Waals surface area contributed by atoms with E-state index in [2.05, 4.69) is 5.32 Å². The fourth-order valence-electron chi connectivity index (χ4n) is 3.83. The van der Waals surface area contributed by atoms with Gasteiger partial charge in [-0.25, -0.2) is 8.42 Å². The van der Waals surface area contributed by atoms with Crippen molar-refractivity contribution in [3.05, 3.63) is 65.9 Å². The number of rotatable bonds is 6. The number of aromatic nitrogens is 1. The lowest BCUT2D eigenvalue weighted by Gasteiger charge is -2.19. The molecule has 0 aliphatic carbocycles. The predicted octanol–water partition coefficient (Wildman–Crippen LogP) is 2.78. The molecule has 6 nitrogen and oxygen atoms in total. The second kappa shape index (κ2) is 7.31. The molecular weight excluding hydrogens is 374 g/mol. The van der Waals surface area contributed by atoms with Gasteiger partial charge in [-0.1, -0.05) is 36.4 Å². The number of carbonyl (C=O) groups excluding carboxylic acids is 1. The van der Waals surface area contributed by atoms with E-state index in [1.165, 1.54) is 4.31 Å². The number of fused-ring (bicyclic) bond motifs is 2. The summed E-state index contributed by atoms with van der Waals surface area (Å²) in [5, 5.41) is 3.77. The van der Waals surface area contributed by atoms with Gasteiger partial charge in [-0.3, -0.25) is 9.10 Å². The van der Waals surface area contributed by atoms with E-state index in [9.17, 15) is 13.2 Å². The third-order valence-electron chi connectivity index (χ3n) is 5.19. The number of aryl methyl sites for hydroxylation is 1. The van der Waals surface area contributed by atoms with Crippen molar-refractivity contribution in [2.45, 2.75) is 19.9 Å². The molecule has 0 fully saturated rings. The molecule has 0 saturated carbocycles. The monoisotopic (exact) mass is 397 g/mol. The standard InChI is InChI=1S/C21H23N3O3S/c1-2-23-18-9-5-4-8-17(18)15-20(23)21(25)22-12-14-28(26,27)24-13-11-16-7-3-6-10-19(16)24/h3-10,15H,2,11-14H2,1H3,(H,22,25). The fraction of sp³-hybridized carbons (Fsp3) is 0.286. The number of carbonyl (C=O) groups is 1. The summed E-state index contributed by atoms with van der Waals surface area (Å²) >= 11 is 0. The topological polar surface area (TPSA) is 71.4 Å². The molecule has 0 atom stereocenters. The number of amides is 1. The number of nitrogens with zero attached hydrogens (tertiary/aromatic N) is 2. The van der Waals surface area contributed by atoms with Gasteiger partial charge in [-0.05, 0) is 37.1 Å². The Morgan fingerprint density at radius 2 is 1.86 bits per heavy atom. The van der Waals surface area contributed by atoms with E-state index in [1.54, 1.807) is 0 Å². The molecule has 3 aromatic rings. The van der Waals surface area contributed by atoms with Crippen molar-refractivity contribution in [3.8, 4) is 0 Å². The molecule has 28 heavy (non-hydrogen) atoms. The molecule has 1 aliphatic heterocycles. The Hall–Kier alpha value is -2.80. The normalized spacial score (nSPS) is 13.7. The second-order valence-corrected chi connectivity index (χ2v) is 8.87. The van der Waals surface area contributed by atoms with Gasteiger partial charge >= 0.3 is 0 Å². The van der Waals surface area contributed by atoms with Crippen LogP contribution in [-0.4, -0.2) is 37.7 Å². The summed E-state index contributed by atoms with van der Waals surface area (Å²) in [7, 11) is -3.48. The number of para-hydroxylation sites is 2. The number of hydrogen-bond acceptors (Lipinski definition) is 3. The molecule has 2 aromatic carbocycles. The molecule has 0 spiro atoms. The van der Waals surface area contributed by atoms with Crippen LogP contribution in [0.5, 0.6) is 0 Å². The highest BCUT2D eigenvalue weighted by Gasteiger charge is 2.28. The van der Waals surface area contributed by atoms with Crippen molar-refractivity contribution in [2.75, 3.05) is 23.1 Å².